The molecule has 104 valence electrons. The Morgan fingerprint density at radius 3 is 3.00 bits per heavy atom. The maximum absolute atomic E-state index is 10.7. The number of aliphatic hydroxyl groups excluding tert-OH is 1. The van der Waals surface area contributed by atoms with Crippen LogP contribution in [0.5, 0.6) is 0 Å². The van der Waals surface area contributed by atoms with Crippen molar-refractivity contribution in [3.8, 4) is 11.4 Å². The fourth-order valence-electron chi connectivity index (χ4n) is 2.04. The normalized spacial score (nSPS) is 22.1. The van der Waals surface area contributed by atoms with Crippen molar-refractivity contribution in [3.63, 3.8) is 0 Å². The van der Waals surface area contributed by atoms with E-state index in [1.807, 2.05) is 0 Å². The van der Waals surface area contributed by atoms with E-state index in [4.69, 9.17) is 4.52 Å². The quantitative estimate of drug-likeness (QED) is 0.680. The van der Waals surface area contributed by atoms with Gasteiger partial charge in [0.2, 0.25) is 11.7 Å². The van der Waals surface area contributed by atoms with Crippen LogP contribution in [0.1, 0.15) is 11.8 Å². The number of non-ortho nitro benzene ring substituents is 1. The van der Waals surface area contributed by atoms with Gasteiger partial charge < -0.3 is 9.63 Å². The van der Waals surface area contributed by atoms with Gasteiger partial charge in [0.15, 0.2) is 0 Å². The van der Waals surface area contributed by atoms with Crippen LogP contribution in [0.25, 0.3) is 11.4 Å². The summed E-state index contributed by atoms with van der Waals surface area (Å²) in [5, 5.41) is 24.4. The number of thioether (sulfide) groups is 1. The van der Waals surface area contributed by atoms with Crippen LogP contribution in [0.15, 0.2) is 28.8 Å². The summed E-state index contributed by atoms with van der Waals surface area (Å²) in [6.45, 7) is 0. The molecule has 0 amide bonds. The van der Waals surface area contributed by atoms with E-state index in [0.717, 1.165) is 5.75 Å². The number of nitro benzene ring substituents is 1. The van der Waals surface area contributed by atoms with Gasteiger partial charge in [-0.25, -0.2) is 0 Å². The van der Waals surface area contributed by atoms with Gasteiger partial charge in [0.05, 0.1) is 16.9 Å². The Labute approximate surface area is 118 Å². The van der Waals surface area contributed by atoms with Gasteiger partial charge >= 0.3 is 0 Å². The maximum Gasteiger partial charge on any atom is 0.270 e. The molecule has 1 aliphatic heterocycles. The molecule has 0 bridgehead atoms. The summed E-state index contributed by atoms with van der Waals surface area (Å²) in [7, 11) is 0. The topological polar surface area (TPSA) is 102 Å². The minimum absolute atomic E-state index is 0.0229. The molecule has 2 heterocycles. The first-order chi connectivity index (χ1) is 9.65. The molecule has 8 heteroatoms. The van der Waals surface area contributed by atoms with E-state index in [0.29, 0.717) is 23.0 Å². The lowest BCUT2D eigenvalue weighted by Crippen LogP contribution is -2.15. The third-order valence-electron chi connectivity index (χ3n) is 3.12. The van der Waals surface area contributed by atoms with Crippen molar-refractivity contribution in [1.29, 1.82) is 0 Å². The van der Waals surface area contributed by atoms with E-state index in [1.165, 1.54) is 12.1 Å². The van der Waals surface area contributed by atoms with Crippen molar-refractivity contribution in [2.45, 2.75) is 12.0 Å². The molecule has 0 radical (unpaired) electrons. The van der Waals surface area contributed by atoms with Gasteiger partial charge in [0.1, 0.15) is 0 Å². The number of rotatable bonds is 3. The number of hydrogen-bond acceptors (Lipinski definition) is 7. The van der Waals surface area contributed by atoms with Crippen LogP contribution in [-0.2, 0) is 0 Å². The first-order valence-corrected chi connectivity index (χ1v) is 7.15. The highest BCUT2D eigenvalue weighted by molar-refractivity contribution is 7.99. The third kappa shape index (κ3) is 2.39. The van der Waals surface area contributed by atoms with Crippen LogP contribution in [0, 0.1) is 10.1 Å². The van der Waals surface area contributed by atoms with Crippen LogP contribution in [-0.4, -0.2) is 37.8 Å². The van der Waals surface area contributed by atoms with Crippen LogP contribution < -0.4 is 0 Å². The fraction of sp³-hybridized carbons (Fsp3) is 0.333. The lowest BCUT2D eigenvalue weighted by atomic mass is 10.1. The average molecular weight is 293 g/mol. The van der Waals surface area contributed by atoms with E-state index in [9.17, 15) is 15.2 Å². The van der Waals surface area contributed by atoms with Gasteiger partial charge in [-0.2, -0.15) is 16.7 Å². The third-order valence-corrected chi connectivity index (χ3v) is 4.30. The van der Waals surface area contributed by atoms with Crippen LogP contribution in [0.4, 0.5) is 5.69 Å². The molecule has 1 aliphatic rings. The van der Waals surface area contributed by atoms with Crippen LogP contribution in [0.2, 0.25) is 0 Å². The van der Waals surface area contributed by atoms with E-state index in [2.05, 4.69) is 10.1 Å². The number of benzene rings is 1. The molecule has 0 saturated carbocycles. The highest BCUT2D eigenvalue weighted by Crippen LogP contribution is 2.33. The zero-order chi connectivity index (χ0) is 14.1. The molecular formula is C12H11N3O4S. The van der Waals surface area contributed by atoms with Gasteiger partial charge in [0.25, 0.3) is 5.69 Å². The Kier molecular flexibility index (Phi) is 3.41. The van der Waals surface area contributed by atoms with Crippen molar-refractivity contribution in [3.05, 3.63) is 40.3 Å². The second-order valence-electron chi connectivity index (χ2n) is 4.47. The number of aliphatic hydroxyl groups is 1. The molecule has 0 aliphatic carbocycles. The summed E-state index contributed by atoms with van der Waals surface area (Å²) >= 11 is 1.63. The minimum atomic E-state index is -0.488. The number of nitro groups is 1. The Balaban J connectivity index is 1.90. The molecule has 2 aromatic rings. The predicted molar refractivity (Wildman–Crippen MR) is 72.5 cm³/mol. The molecule has 2 unspecified atom stereocenters. The van der Waals surface area contributed by atoms with E-state index in [1.54, 1.807) is 23.9 Å². The van der Waals surface area contributed by atoms with Crippen molar-refractivity contribution in [1.82, 2.24) is 10.1 Å². The Morgan fingerprint density at radius 1 is 1.45 bits per heavy atom. The second-order valence-corrected chi connectivity index (χ2v) is 5.55. The summed E-state index contributed by atoms with van der Waals surface area (Å²) < 4.78 is 5.17. The number of hydrogen-bond donors (Lipinski definition) is 1. The zero-order valence-corrected chi connectivity index (χ0v) is 11.1. The standard InChI is InChI=1S/C12H11N3O4S/c16-10-6-20-5-9(10)12-13-11(14-19-12)7-2-1-3-8(4-7)15(17)18/h1-4,9-10,16H,5-6H2. The van der Waals surface area contributed by atoms with Gasteiger partial charge in [0, 0.05) is 29.2 Å². The molecule has 20 heavy (non-hydrogen) atoms. The van der Waals surface area contributed by atoms with Gasteiger partial charge in [-0.05, 0) is 0 Å². The summed E-state index contributed by atoms with van der Waals surface area (Å²) in [5.74, 6) is 1.90. The maximum atomic E-state index is 10.7. The largest absolute Gasteiger partial charge is 0.391 e. The minimum Gasteiger partial charge on any atom is -0.391 e. The lowest BCUT2D eigenvalue weighted by molar-refractivity contribution is -0.384. The molecule has 0 spiro atoms. The SMILES string of the molecule is O=[N+]([O-])c1cccc(-c2noc(C3CSCC3O)n2)c1. The molecule has 1 aromatic heterocycles. The van der Waals surface area contributed by atoms with Crippen molar-refractivity contribution < 1.29 is 14.6 Å². The first kappa shape index (κ1) is 13.1. The molecular weight excluding hydrogens is 282 g/mol. The summed E-state index contributed by atoms with van der Waals surface area (Å²) in [6.07, 6.45) is -0.488. The summed E-state index contributed by atoms with van der Waals surface area (Å²) in [4.78, 5) is 14.5. The monoisotopic (exact) mass is 293 g/mol. The van der Waals surface area contributed by atoms with Crippen molar-refractivity contribution >= 4 is 17.4 Å². The van der Waals surface area contributed by atoms with Crippen molar-refractivity contribution in [2.24, 2.45) is 0 Å². The molecule has 2 atom stereocenters. The van der Waals surface area contributed by atoms with Crippen LogP contribution >= 0.6 is 11.8 Å². The Hall–Kier alpha value is -1.93. The van der Waals surface area contributed by atoms with Crippen LogP contribution in [0.3, 0.4) is 0 Å². The summed E-state index contributed by atoms with van der Waals surface area (Å²) in [6, 6.07) is 6.06. The first-order valence-electron chi connectivity index (χ1n) is 5.99. The van der Waals surface area contributed by atoms with E-state index in [-0.39, 0.29) is 11.6 Å². The molecule has 1 aromatic carbocycles. The number of nitrogens with zero attached hydrogens (tertiary/aromatic N) is 3. The highest BCUT2D eigenvalue weighted by atomic mass is 32.2. The molecule has 3 rings (SSSR count). The van der Waals surface area contributed by atoms with Gasteiger partial charge in [-0.1, -0.05) is 17.3 Å². The average Bonchev–Trinajstić information content (AvgIpc) is 3.07. The Bertz CT molecular complexity index is 645. The zero-order valence-electron chi connectivity index (χ0n) is 10.3. The Morgan fingerprint density at radius 2 is 2.30 bits per heavy atom. The van der Waals surface area contributed by atoms with Gasteiger partial charge in [-0.3, -0.25) is 10.1 Å². The number of aromatic nitrogens is 2. The molecule has 1 N–H and O–H groups in total. The highest BCUT2D eigenvalue weighted by Gasteiger charge is 2.32. The summed E-state index contributed by atoms with van der Waals surface area (Å²) in [5.41, 5.74) is 0.500. The molecule has 1 saturated heterocycles. The molecule has 7 nitrogen and oxygen atoms in total. The van der Waals surface area contributed by atoms with E-state index < -0.39 is 11.0 Å². The second kappa shape index (κ2) is 5.22. The smallest absolute Gasteiger partial charge is 0.270 e. The lowest BCUT2D eigenvalue weighted by Gasteiger charge is -2.06. The van der Waals surface area contributed by atoms with E-state index >= 15 is 0 Å². The van der Waals surface area contributed by atoms with Crippen molar-refractivity contribution in [2.75, 3.05) is 11.5 Å². The molecule has 1 fully saturated rings. The van der Waals surface area contributed by atoms with Gasteiger partial charge in [-0.15, -0.1) is 0 Å². The predicted octanol–water partition coefficient (Wildman–Crippen LogP) is 1.84. The fourth-order valence-corrected chi connectivity index (χ4v) is 3.27.